The Morgan fingerprint density at radius 1 is 1.19 bits per heavy atom. The van der Waals surface area contributed by atoms with E-state index in [2.05, 4.69) is 15.4 Å². The molecule has 7 heteroatoms. The number of hydrogen-bond donors (Lipinski definition) is 3. The average Bonchev–Trinajstić information content (AvgIpc) is 2.93. The van der Waals surface area contributed by atoms with Crippen LogP contribution in [0.3, 0.4) is 0 Å². The van der Waals surface area contributed by atoms with E-state index in [0.29, 0.717) is 5.92 Å². The molecule has 2 saturated carbocycles. The molecule has 0 aliphatic heterocycles. The van der Waals surface area contributed by atoms with Gasteiger partial charge in [-0.3, -0.25) is 0 Å². The lowest BCUT2D eigenvalue weighted by Crippen LogP contribution is -2.53. The molecule has 2 fully saturated rings. The monoisotopic (exact) mass is 317 g/mol. The Morgan fingerprint density at radius 2 is 1.90 bits per heavy atom. The van der Waals surface area contributed by atoms with Crippen LogP contribution in [-0.4, -0.2) is 39.3 Å². The highest BCUT2D eigenvalue weighted by Gasteiger charge is 2.39. The van der Waals surface area contributed by atoms with Gasteiger partial charge in [0.25, 0.3) is 0 Å². The molecule has 0 unspecified atom stereocenters. The first-order chi connectivity index (χ1) is 9.65. The predicted molar refractivity (Wildman–Crippen MR) is 82.4 cm³/mol. The van der Waals surface area contributed by atoms with Gasteiger partial charge in [-0.05, 0) is 50.9 Å². The van der Waals surface area contributed by atoms with E-state index in [1.165, 1.54) is 25.7 Å². The van der Waals surface area contributed by atoms with Gasteiger partial charge in [-0.2, -0.15) is 0 Å². The summed E-state index contributed by atoms with van der Waals surface area (Å²) < 4.78 is 24.9. The minimum atomic E-state index is -3.28. The minimum Gasteiger partial charge on any atom is -0.338 e. The van der Waals surface area contributed by atoms with Gasteiger partial charge in [-0.15, -0.1) is 0 Å². The Labute approximate surface area is 127 Å². The second-order valence-electron chi connectivity index (χ2n) is 7.26. The molecule has 2 rings (SSSR count). The molecule has 3 N–H and O–H groups in total. The Kier molecular flexibility index (Phi) is 4.82. The standard InChI is InChI=1S/C14H27N3O3S/c1-14(2,17-21(3,19)20)9-16-13(18)15-8-12-7-10-4-5-11(12)6-10/h10-12,17H,4-9H2,1-3H3,(H2,15,16,18)/t10-,11-,12-/m0/s1. The van der Waals surface area contributed by atoms with Gasteiger partial charge in [-0.1, -0.05) is 6.42 Å². The second kappa shape index (κ2) is 6.12. The zero-order chi connectivity index (χ0) is 15.7. The van der Waals surface area contributed by atoms with E-state index >= 15 is 0 Å². The lowest BCUT2D eigenvalue weighted by atomic mass is 9.89. The molecule has 2 aliphatic rings. The molecule has 0 aromatic heterocycles. The number of nitrogens with one attached hydrogen (secondary N) is 3. The highest BCUT2D eigenvalue weighted by atomic mass is 32.2. The van der Waals surface area contributed by atoms with E-state index in [1.807, 2.05) is 0 Å². The summed E-state index contributed by atoms with van der Waals surface area (Å²) in [5.74, 6) is 2.29. The largest absolute Gasteiger partial charge is 0.338 e. The van der Waals surface area contributed by atoms with Crippen LogP contribution in [0.15, 0.2) is 0 Å². The third kappa shape index (κ3) is 5.14. The van der Waals surface area contributed by atoms with Crippen LogP contribution in [0.4, 0.5) is 4.79 Å². The third-order valence-electron chi connectivity index (χ3n) is 4.56. The molecule has 0 aromatic carbocycles. The topological polar surface area (TPSA) is 87.3 Å². The summed E-state index contributed by atoms with van der Waals surface area (Å²) in [4.78, 5) is 11.8. The summed E-state index contributed by atoms with van der Waals surface area (Å²) in [6, 6.07) is -0.221. The van der Waals surface area contributed by atoms with Crippen molar-refractivity contribution in [1.29, 1.82) is 0 Å². The third-order valence-corrected chi connectivity index (χ3v) is 5.49. The van der Waals surface area contributed by atoms with Crippen molar-refractivity contribution in [3.63, 3.8) is 0 Å². The summed E-state index contributed by atoms with van der Waals surface area (Å²) in [6.45, 7) is 4.46. The van der Waals surface area contributed by atoms with Crippen LogP contribution in [0, 0.1) is 17.8 Å². The molecule has 0 saturated heterocycles. The summed E-state index contributed by atoms with van der Waals surface area (Å²) in [6.07, 6.45) is 6.36. The van der Waals surface area contributed by atoms with E-state index in [0.717, 1.165) is 24.6 Å². The van der Waals surface area contributed by atoms with Gasteiger partial charge in [0.15, 0.2) is 0 Å². The first-order valence-electron chi connectivity index (χ1n) is 7.65. The van der Waals surface area contributed by atoms with Crippen LogP contribution in [0.1, 0.15) is 39.5 Å². The molecular formula is C14H27N3O3S. The molecule has 2 amide bonds. The fourth-order valence-corrected chi connectivity index (χ4v) is 4.83. The van der Waals surface area contributed by atoms with Crippen molar-refractivity contribution >= 4 is 16.1 Å². The normalized spacial score (nSPS) is 28.6. The Balaban J connectivity index is 1.68. The molecule has 2 aliphatic carbocycles. The molecule has 2 bridgehead atoms. The minimum absolute atomic E-state index is 0.221. The van der Waals surface area contributed by atoms with Crippen LogP contribution in [0.2, 0.25) is 0 Å². The molecule has 122 valence electrons. The molecule has 3 atom stereocenters. The average molecular weight is 317 g/mol. The number of carbonyl (C=O) groups excluding carboxylic acids is 1. The highest BCUT2D eigenvalue weighted by Crippen LogP contribution is 2.47. The maximum Gasteiger partial charge on any atom is 0.314 e. The van der Waals surface area contributed by atoms with Crippen LogP contribution in [-0.2, 0) is 10.0 Å². The van der Waals surface area contributed by atoms with E-state index in [-0.39, 0.29) is 12.6 Å². The maximum absolute atomic E-state index is 11.8. The van der Waals surface area contributed by atoms with Gasteiger partial charge in [0, 0.05) is 18.6 Å². The van der Waals surface area contributed by atoms with Crippen molar-refractivity contribution in [2.75, 3.05) is 19.3 Å². The van der Waals surface area contributed by atoms with Gasteiger partial charge in [0.1, 0.15) is 0 Å². The molecule has 6 nitrogen and oxygen atoms in total. The SMILES string of the molecule is CC(C)(CNC(=O)NC[C@@H]1C[C@H]2CC[C@H]1C2)NS(C)(=O)=O. The fourth-order valence-electron chi connectivity index (χ4n) is 3.75. The number of hydrogen-bond acceptors (Lipinski definition) is 3. The lowest BCUT2D eigenvalue weighted by Gasteiger charge is -2.26. The lowest BCUT2D eigenvalue weighted by molar-refractivity contribution is 0.231. The summed E-state index contributed by atoms with van der Waals surface area (Å²) in [7, 11) is -3.28. The summed E-state index contributed by atoms with van der Waals surface area (Å²) >= 11 is 0. The van der Waals surface area contributed by atoms with Crippen molar-refractivity contribution in [2.45, 2.75) is 45.1 Å². The molecule has 0 aromatic rings. The zero-order valence-corrected chi connectivity index (χ0v) is 13.9. The Bertz CT molecular complexity index is 490. The maximum atomic E-state index is 11.8. The highest BCUT2D eigenvalue weighted by molar-refractivity contribution is 7.88. The molecule has 0 heterocycles. The Morgan fingerprint density at radius 3 is 2.43 bits per heavy atom. The van der Waals surface area contributed by atoms with E-state index in [4.69, 9.17) is 0 Å². The van der Waals surface area contributed by atoms with Crippen molar-refractivity contribution in [3.05, 3.63) is 0 Å². The molecule has 0 radical (unpaired) electrons. The van der Waals surface area contributed by atoms with Crippen LogP contribution in [0.5, 0.6) is 0 Å². The number of urea groups is 1. The van der Waals surface area contributed by atoms with Gasteiger partial charge in [0.2, 0.25) is 10.0 Å². The van der Waals surface area contributed by atoms with E-state index < -0.39 is 15.6 Å². The molecule has 21 heavy (non-hydrogen) atoms. The number of rotatable bonds is 6. The van der Waals surface area contributed by atoms with Crippen LogP contribution in [0.25, 0.3) is 0 Å². The van der Waals surface area contributed by atoms with Crippen LogP contribution >= 0.6 is 0 Å². The van der Waals surface area contributed by atoms with Gasteiger partial charge in [0.05, 0.1) is 6.26 Å². The predicted octanol–water partition coefficient (Wildman–Crippen LogP) is 1.05. The number of carbonyl (C=O) groups is 1. The van der Waals surface area contributed by atoms with E-state index in [9.17, 15) is 13.2 Å². The van der Waals surface area contributed by atoms with Gasteiger partial charge < -0.3 is 10.6 Å². The van der Waals surface area contributed by atoms with Gasteiger partial charge in [-0.25, -0.2) is 17.9 Å². The summed E-state index contributed by atoms with van der Waals surface area (Å²) in [5, 5.41) is 5.65. The van der Waals surface area contributed by atoms with Crippen molar-refractivity contribution in [1.82, 2.24) is 15.4 Å². The molecular weight excluding hydrogens is 290 g/mol. The first kappa shape index (κ1) is 16.5. The van der Waals surface area contributed by atoms with Gasteiger partial charge >= 0.3 is 6.03 Å². The summed E-state index contributed by atoms with van der Waals surface area (Å²) in [5.41, 5.74) is -0.697. The second-order valence-corrected chi connectivity index (χ2v) is 9.01. The first-order valence-corrected chi connectivity index (χ1v) is 9.54. The fraction of sp³-hybridized carbons (Fsp3) is 0.929. The molecule has 0 spiro atoms. The number of sulfonamides is 1. The quantitative estimate of drug-likeness (QED) is 0.684. The zero-order valence-electron chi connectivity index (χ0n) is 13.1. The number of fused-ring (bicyclic) bond motifs is 2. The van der Waals surface area contributed by atoms with Crippen molar-refractivity contribution in [2.24, 2.45) is 17.8 Å². The van der Waals surface area contributed by atoms with Crippen LogP contribution < -0.4 is 15.4 Å². The van der Waals surface area contributed by atoms with E-state index in [1.54, 1.807) is 13.8 Å². The van der Waals surface area contributed by atoms with Crippen molar-refractivity contribution in [3.8, 4) is 0 Å². The van der Waals surface area contributed by atoms with Crippen molar-refractivity contribution < 1.29 is 13.2 Å². The Hall–Kier alpha value is -0.820. The number of amides is 2. The smallest absolute Gasteiger partial charge is 0.314 e.